The third-order valence-corrected chi connectivity index (χ3v) is 8.13. The number of esters is 1. The predicted molar refractivity (Wildman–Crippen MR) is 199 cm³/mol. The van der Waals surface area contributed by atoms with Crippen molar-refractivity contribution in [1.29, 1.82) is 0 Å². The summed E-state index contributed by atoms with van der Waals surface area (Å²) >= 11 is 0. The molecule has 0 aliphatic heterocycles. The zero-order chi connectivity index (χ0) is 37.0. The zero-order valence-electron chi connectivity index (χ0n) is 29.7. The molecule has 1 amide bonds. The van der Waals surface area contributed by atoms with Gasteiger partial charge in [-0.15, -0.1) is 0 Å². The fraction of sp³-hybridized carbons (Fsp3) is 0.333. The van der Waals surface area contributed by atoms with Crippen molar-refractivity contribution >= 4 is 33.3 Å². The minimum Gasteiger partial charge on any atom is -0.494 e. The maximum atomic E-state index is 12.3. The van der Waals surface area contributed by atoms with Gasteiger partial charge in [-0.3, -0.25) is 9.52 Å². The fourth-order valence-electron chi connectivity index (χ4n) is 5.17. The van der Waals surface area contributed by atoms with Gasteiger partial charge in [-0.2, -0.15) is 0 Å². The van der Waals surface area contributed by atoms with Crippen molar-refractivity contribution in [1.82, 2.24) is 5.32 Å². The second kappa shape index (κ2) is 17.7. The standard InChI is InChI=1S/C39H47N3O8S/c1-28-34(41-51(5,46)47)13-9-14-36(28)42(25-29-11-7-6-8-12-29)26-30-16-18-32(19-17-30)49-33-22-20-31(21-23-33)48-24-10-15-37(44)40-35(27-43)38(45)50-39(2,3)4/h6-9,11-14,16-23,35,41,43H,10,15,24-27H2,1-5H3,(H,40,44)/t35-/m0/s1. The largest absolute Gasteiger partial charge is 0.494 e. The Morgan fingerprint density at radius 2 is 1.41 bits per heavy atom. The normalized spacial score (nSPS) is 12.0. The quantitative estimate of drug-likeness (QED) is 0.0842. The molecule has 4 aromatic carbocycles. The van der Waals surface area contributed by atoms with Crippen LogP contribution in [0.25, 0.3) is 0 Å². The molecule has 0 saturated heterocycles. The highest BCUT2D eigenvalue weighted by Gasteiger charge is 2.26. The lowest BCUT2D eigenvalue weighted by Crippen LogP contribution is -2.46. The number of carbonyl (C=O) groups is 2. The molecule has 0 fully saturated rings. The van der Waals surface area contributed by atoms with Crippen LogP contribution in [0.3, 0.4) is 0 Å². The van der Waals surface area contributed by atoms with Gasteiger partial charge in [0.15, 0.2) is 6.04 Å². The van der Waals surface area contributed by atoms with Crippen LogP contribution in [0.15, 0.2) is 97.1 Å². The summed E-state index contributed by atoms with van der Waals surface area (Å²) in [6, 6.07) is 29.6. The van der Waals surface area contributed by atoms with Crippen LogP contribution in [0.1, 0.15) is 50.3 Å². The maximum absolute atomic E-state index is 12.3. The van der Waals surface area contributed by atoms with Crippen molar-refractivity contribution in [2.45, 2.75) is 65.3 Å². The number of nitrogens with one attached hydrogen (secondary N) is 2. The molecule has 12 heteroatoms. The van der Waals surface area contributed by atoms with Crippen molar-refractivity contribution < 1.29 is 37.3 Å². The van der Waals surface area contributed by atoms with Gasteiger partial charge < -0.3 is 29.5 Å². The number of nitrogens with zero attached hydrogens (tertiary/aromatic N) is 1. The Morgan fingerprint density at radius 1 is 0.824 bits per heavy atom. The Morgan fingerprint density at radius 3 is 2.00 bits per heavy atom. The van der Waals surface area contributed by atoms with Crippen LogP contribution in [-0.4, -0.2) is 56.5 Å². The number of hydrogen-bond donors (Lipinski definition) is 3. The Labute approximate surface area is 300 Å². The van der Waals surface area contributed by atoms with Gasteiger partial charge >= 0.3 is 5.97 Å². The van der Waals surface area contributed by atoms with Crippen LogP contribution in [-0.2, 0) is 37.4 Å². The second-order valence-electron chi connectivity index (χ2n) is 13.2. The first-order chi connectivity index (χ1) is 24.2. The Kier molecular flexibility index (Phi) is 13.5. The van der Waals surface area contributed by atoms with Crippen molar-refractivity contribution in [2.75, 3.05) is 29.1 Å². The van der Waals surface area contributed by atoms with Crippen LogP contribution in [0.4, 0.5) is 11.4 Å². The van der Waals surface area contributed by atoms with Gasteiger partial charge in [0, 0.05) is 25.2 Å². The summed E-state index contributed by atoms with van der Waals surface area (Å²) in [5.74, 6) is 0.843. The molecule has 0 saturated carbocycles. The molecule has 0 aromatic heterocycles. The third kappa shape index (κ3) is 13.0. The molecule has 1 atom stereocenters. The monoisotopic (exact) mass is 717 g/mol. The van der Waals surface area contributed by atoms with E-state index in [1.54, 1.807) is 51.1 Å². The van der Waals surface area contributed by atoms with Crippen molar-refractivity contribution in [3.63, 3.8) is 0 Å². The van der Waals surface area contributed by atoms with E-state index in [0.29, 0.717) is 42.4 Å². The number of anilines is 2. The first kappa shape index (κ1) is 38.7. The van der Waals surface area contributed by atoms with Crippen LogP contribution < -0.4 is 24.4 Å². The van der Waals surface area contributed by atoms with Crippen LogP contribution in [0, 0.1) is 6.92 Å². The van der Waals surface area contributed by atoms with Gasteiger partial charge in [-0.1, -0.05) is 48.5 Å². The smallest absolute Gasteiger partial charge is 0.331 e. The van der Waals surface area contributed by atoms with Gasteiger partial charge in [0.2, 0.25) is 15.9 Å². The van der Waals surface area contributed by atoms with E-state index in [1.807, 2.05) is 61.5 Å². The van der Waals surface area contributed by atoms with Crippen molar-refractivity contribution in [2.24, 2.45) is 0 Å². The maximum Gasteiger partial charge on any atom is 0.331 e. The average Bonchev–Trinajstić information content (AvgIpc) is 3.07. The van der Waals surface area contributed by atoms with Gasteiger partial charge in [0.25, 0.3) is 0 Å². The lowest BCUT2D eigenvalue weighted by atomic mass is 10.1. The highest BCUT2D eigenvalue weighted by Crippen LogP contribution is 2.31. The van der Waals surface area contributed by atoms with Crippen molar-refractivity contribution in [3.05, 3.63) is 114 Å². The Bertz CT molecular complexity index is 1840. The molecule has 11 nitrogen and oxygen atoms in total. The summed E-state index contributed by atoms with van der Waals surface area (Å²) in [7, 11) is -3.43. The molecule has 0 heterocycles. The van der Waals surface area contributed by atoms with E-state index in [0.717, 1.165) is 28.6 Å². The molecule has 0 unspecified atom stereocenters. The molecule has 4 rings (SSSR count). The highest BCUT2D eigenvalue weighted by atomic mass is 32.2. The van der Waals surface area contributed by atoms with E-state index in [4.69, 9.17) is 14.2 Å². The number of aliphatic hydroxyl groups excluding tert-OH is 1. The van der Waals surface area contributed by atoms with Crippen LogP contribution >= 0.6 is 0 Å². The van der Waals surface area contributed by atoms with Gasteiger partial charge in [0.05, 0.1) is 25.2 Å². The number of amides is 1. The predicted octanol–water partition coefficient (Wildman–Crippen LogP) is 6.34. The number of sulfonamides is 1. The molecule has 3 N–H and O–H groups in total. The van der Waals surface area contributed by atoms with E-state index >= 15 is 0 Å². The molecule has 0 aliphatic rings. The first-order valence-electron chi connectivity index (χ1n) is 16.7. The summed E-state index contributed by atoms with van der Waals surface area (Å²) < 4.78 is 43.6. The van der Waals surface area contributed by atoms with E-state index < -0.39 is 34.2 Å². The molecule has 4 aromatic rings. The molecular formula is C39H47N3O8S. The molecule has 272 valence electrons. The number of aliphatic hydroxyl groups is 1. The van der Waals surface area contributed by atoms with E-state index in [1.165, 1.54) is 0 Å². The third-order valence-electron chi connectivity index (χ3n) is 7.54. The number of ether oxygens (including phenoxy) is 3. The fourth-order valence-corrected chi connectivity index (χ4v) is 5.79. The zero-order valence-corrected chi connectivity index (χ0v) is 30.5. The molecule has 0 radical (unpaired) electrons. The van der Waals surface area contributed by atoms with Crippen LogP contribution in [0.2, 0.25) is 0 Å². The average molecular weight is 718 g/mol. The second-order valence-corrected chi connectivity index (χ2v) is 14.9. The summed E-state index contributed by atoms with van der Waals surface area (Å²) in [5, 5.41) is 12.0. The number of benzene rings is 4. The summed E-state index contributed by atoms with van der Waals surface area (Å²) in [6.45, 7) is 8.00. The molecule has 51 heavy (non-hydrogen) atoms. The van der Waals surface area contributed by atoms with Gasteiger partial charge in [-0.05, 0) is 99.3 Å². The van der Waals surface area contributed by atoms with E-state index in [9.17, 15) is 23.1 Å². The van der Waals surface area contributed by atoms with Gasteiger partial charge in [0.1, 0.15) is 22.8 Å². The topological polar surface area (TPSA) is 144 Å². The van der Waals surface area contributed by atoms with Crippen LogP contribution in [0.5, 0.6) is 17.2 Å². The molecule has 0 spiro atoms. The van der Waals surface area contributed by atoms with Gasteiger partial charge in [-0.25, -0.2) is 13.2 Å². The lowest BCUT2D eigenvalue weighted by molar-refractivity contribution is -0.159. The molecule has 0 bridgehead atoms. The molecular weight excluding hydrogens is 671 g/mol. The SMILES string of the molecule is Cc1c(NS(C)(=O)=O)cccc1N(Cc1ccccc1)Cc1ccc(Oc2ccc(OCCCC(=O)N[C@@H](CO)C(=O)OC(C)(C)C)cc2)cc1. The molecule has 0 aliphatic carbocycles. The minimum absolute atomic E-state index is 0.118. The number of rotatable bonds is 17. The van der Waals surface area contributed by atoms with E-state index in [-0.39, 0.29) is 18.9 Å². The summed E-state index contributed by atoms with van der Waals surface area (Å²) in [6.07, 6.45) is 1.67. The summed E-state index contributed by atoms with van der Waals surface area (Å²) in [5.41, 5.74) is 3.76. The highest BCUT2D eigenvalue weighted by molar-refractivity contribution is 7.92. The number of hydrogen-bond acceptors (Lipinski definition) is 9. The Balaban J connectivity index is 1.31. The van der Waals surface area contributed by atoms with Crippen molar-refractivity contribution in [3.8, 4) is 17.2 Å². The summed E-state index contributed by atoms with van der Waals surface area (Å²) in [4.78, 5) is 26.6. The lowest BCUT2D eigenvalue weighted by Gasteiger charge is -2.28. The van der Waals surface area contributed by atoms with E-state index in [2.05, 4.69) is 27.1 Å². The number of carbonyl (C=O) groups excluding carboxylic acids is 2. The first-order valence-corrected chi connectivity index (χ1v) is 18.6. The minimum atomic E-state index is -3.43. The Hall–Kier alpha value is -5.07.